The summed E-state index contributed by atoms with van der Waals surface area (Å²) in [6, 6.07) is 0. The molecular formula is C13H23N3S. The van der Waals surface area contributed by atoms with Crippen molar-refractivity contribution in [1.29, 1.82) is 0 Å². The van der Waals surface area contributed by atoms with Crippen LogP contribution in [-0.4, -0.2) is 42.6 Å². The van der Waals surface area contributed by atoms with Gasteiger partial charge < -0.3 is 10.2 Å². The van der Waals surface area contributed by atoms with Crippen molar-refractivity contribution < 1.29 is 0 Å². The third-order valence-electron chi connectivity index (χ3n) is 3.09. The van der Waals surface area contributed by atoms with E-state index < -0.39 is 0 Å². The van der Waals surface area contributed by atoms with E-state index in [1.54, 1.807) is 11.3 Å². The fraction of sp³-hybridized carbons (Fsp3) is 0.769. The first-order chi connectivity index (χ1) is 8.05. The molecule has 0 spiro atoms. The van der Waals surface area contributed by atoms with Crippen LogP contribution in [0.5, 0.6) is 0 Å². The van der Waals surface area contributed by atoms with Crippen LogP contribution in [-0.2, 0) is 11.8 Å². The minimum absolute atomic E-state index is 0.192. The van der Waals surface area contributed by atoms with Crippen molar-refractivity contribution in [2.45, 2.75) is 32.6 Å². The van der Waals surface area contributed by atoms with Crippen LogP contribution in [0.2, 0.25) is 0 Å². The molecule has 0 unspecified atom stereocenters. The molecule has 4 heteroatoms. The molecule has 17 heavy (non-hydrogen) atoms. The average molecular weight is 253 g/mol. The lowest BCUT2D eigenvalue weighted by Gasteiger charge is -2.26. The highest BCUT2D eigenvalue weighted by Crippen LogP contribution is 2.25. The number of nitrogens with zero attached hydrogens (tertiary/aromatic N) is 2. The summed E-state index contributed by atoms with van der Waals surface area (Å²) >= 11 is 1.80. The predicted molar refractivity (Wildman–Crippen MR) is 73.8 cm³/mol. The van der Waals surface area contributed by atoms with Crippen molar-refractivity contribution in [2.24, 2.45) is 0 Å². The molecule has 1 aromatic rings. The first kappa shape index (κ1) is 13.0. The highest BCUT2D eigenvalue weighted by molar-refractivity contribution is 7.09. The van der Waals surface area contributed by atoms with E-state index >= 15 is 0 Å². The molecule has 1 aliphatic heterocycles. The van der Waals surface area contributed by atoms with Gasteiger partial charge in [0, 0.05) is 49.9 Å². The van der Waals surface area contributed by atoms with E-state index in [0.29, 0.717) is 0 Å². The first-order valence-electron chi connectivity index (χ1n) is 6.44. The van der Waals surface area contributed by atoms with Gasteiger partial charge in [-0.15, -0.1) is 11.3 Å². The Kier molecular flexibility index (Phi) is 4.17. The van der Waals surface area contributed by atoms with Crippen molar-refractivity contribution in [2.75, 3.05) is 32.7 Å². The molecule has 0 amide bonds. The Balaban J connectivity index is 1.84. The summed E-state index contributed by atoms with van der Waals surface area (Å²) in [7, 11) is 0. The van der Waals surface area contributed by atoms with Gasteiger partial charge in [0.15, 0.2) is 0 Å². The number of piperazine rings is 1. The maximum Gasteiger partial charge on any atom is 0.0981 e. The maximum absolute atomic E-state index is 4.74. The molecule has 0 radical (unpaired) electrons. The summed E-state index contributed by atoms with van der Waals surface area (Å²) in [5.41, 5.74) is 1.45. The molecule has 1 fully saturated rings. The number of nitrogens with one attached hydrogen (secondary N) is 1. The van der Waals surface area contributed by atoms with Crippen LogP contribution in [0, 0.1) is 0 Å². The van der Waals surface area contributed by atoms with Crippen LogP contribution in [0.4, 0.5) is 0 Å². The van der Waals surface area contributed by atoms with E-state index in [4.69, 9.17) is 4.98 Å². The van der Waals surface area contributed by atoms with Gasteiger partial charge in [-0.2, -0.15) is 0 Å². The Bertz CT molecular complexity index is 348. The molecule has 1 saturated heterocycles. The molecule has 0 aliphatic carbocycles. The molecule has 2 rings (SSSR count). The van der Waals surface area contributed by atoms with E-state index in [1.165, 1.54) is 23.8 Å². The van der Waals surface area contributed by atoms with Gasteiger partial charge in [0.05, 0.1) is 10.7 Å². The lowest BCUT2D eigenvalue weighted by atomic mass is 9.98. The second-order valence-electron chi connectivity index (χ2n) is 5.74. The highest BCUT2D eigenvalue weighted by atomic mass is 32.1. The summed E-state index contributed by atoms with van der Waals surface area (Å²) in [5, 5.41) is 6.86. The lowest BCUT2D eigenvalue weighted by Crippen LogP contribution is -2.44. The maximum atomic E-state index is 4.74. The number of thiazole rings is 1. The molecule has 1 aliphatic rings. The quantitative estimate of drug-likeness (QED) is 0.891. The molecule has 2 heterocycles. The molecule has 0 atom stereocenters. The average Bonchev–Trinajstić information content (AvgIpc) is 2.76. The minimum atomic E-state index is 0.192. The lowest BCUT2D eigenvalue weighted by molar-refractivity contribution is 0.243. The monoisotopic (exact) mass is 253 g/mol. The molecule has 1 aromatic heterocycles. The number of rotatable bonds is 3. The van der Waals surface area contributed by atoms with Gasteiger partial charge in [-0.05, 0) is 0 Å². The van der Waals surface area contributed by atoms with Gasteiger partial charge in [-0.25, -0.2) is 4.98 Å². The molecule has 3 nitrogen and oxygen atoms in total. The van der Waals surface area contributed by atoms with E-state index in [2.05, 4.69) is 36.4 Å². The third kappa shape index (κ3) is 3.76. The molecule has 0 saturated carbocycles. The molecular weight excluding hydrogens is 230 g/mol. The summed E-state index contributed by atoms with van der Waals surface area (Å²) < 4.78 is 0. The van der Waals surface area contributed by atoms with Gasteiger partial charge in [-0.3, -0.25) is 0 Å². The smallest absolute Gasteiger partial charge is 0.0981 e. The zero-order valence-electron chi connectivity index (χ0n) is 11.1. The first-order valence-corrected chi connectivity index (χ1v) is 7.31. The Morgan fingerprint density at radius 3 is 2.65 bits per heavy atom. The Morgan fingerprint density at radius 2 is 2.06 bits per heavy atom. The zero-order chi connectivity index (χ0) is 12.3. The van der Waals surface area contributed by atoms with Crippen molar-refractivity contribution in [1.82, 2.24) is 15.2 Å². The van der Waals surface area contributed by atoms with Gasteiger partial charge >= 0.3 is 0 Å². The Hall–Kier alpha value is -0.450. The fourth-order valence-corrected chi connectivity index (χ4v) is 2.92. The minimum Gasteiger partial charge on any atom is -0.314 e. The van der Waals surface area contributed by atoms with E-state index in [1.807, 2.05) is 0 Å². The van der Waals surface area contributed by atoms with E-state index in [-0.39, 0.29) is 5.41 Å². The van der Waals surface area contributed by atoms with Crippen LogP contribution < -0.4 is 5.32 Å². The van der Waals surface area contributed by atoms with Gasteiger partial charge in [0.2, 0.25) is 0 Å². The number of hydrogen-bond donors (Lipinski definition) is 1. The Morgan fingerprint density at radius 1 is 1.35 bits per heavy atom. The van der Waals surface area contributed by atoms with Crippen molar-refractivity contribution >= 4 is 11.3 Å². The van der Waals surface area contributed by atoms with Gasteiger partial charge in [0.25, 0.3) is 0 Å². The van der Waals surface area contributed by atoms with Crippen LogP contribution in [0.3, 0.4) is 0 Å². The molecule has 1 N–H and O–H groups in total. The van der Waals surface area contributed by atoms with Crippen LogP contribution in [0.1, 0.15) is 31.5 Å². The summed E-state index contributed by atoms with van der Waals surface area (Å²) in [4.78, 5) is 7.26. The van der Waals surface area contributed by atoms with Crippen molar-refractivity contribution in [3.05, 3.63) is 16.1 Å². The summed E-state index contributed by atoms with van der Waals surface area (Å²) in [6.07, 6.45) is 1.09. The zero-order valence-corrected chi connectivity index (χ0v) is 11.9. The SMILES string of the molecule is CC(C)(C)c1nc(CCN2CCNCC2)cs1. The summed E-state index contributed by atoms with van der Waals surface area (Å²) in [6.45, 7) is 12.4. The van der Waals surface area contributed by atoms with Crippen LogP contribution in [0.25, 0.3) is 0 Å². The fourth-order valence-electron chi connectivity index (χ4n) is 1.97. The molecule has 96 valence electrons. The standard InChI is InChI=1S/C13H23N3S/c1-13(2,3)12-15-11(10-17-12)4-7-16-8-5-14-6-9-16/h10,14H,4-9H2,1-3H3. The topological polar surface area (TPSA) is 28.2 Å². The van der Waals surface area contributed by atoms with E-state index in [0.717, 1.165) is 26.1 Å². The largest absolute Gasteiger partial charge is 0.314 e. The number of hydrogen-bond acceptors (Lipinski definition) is 4. The second kappa shape index (κ2) is 5.46. The van der Waals surface area contributed by atoms with E-state index in [9.17, 15) is 0 Å². The second-order valence-corrected chi connectivity index (χ2v) is 6.59. The summed E-state index contributed by atoms with van der Waals surface area (Å²) in [5.74, 6) is 0. The van der Waals surface area contributed by atoms with Crippen molar-refractivity contribution in [3.63, 3.8) is 0 Å². The predicted octanol–water partition coefficient (Wildman–Crippen LogP) is 1.89. The normalized spacial score (nSPS) is 18.5. The molecule has 0 aromatic carbocycles. The third-order valence-corrected chi connectivity index (χ3v) is 4.40. The van der Waals surface area contributed by atoms with Gasteiger partial charge in [0.1, 0.15) is 0 Å². The van der Waals surface area contributed by atoms with Crippen LogP contribution >= 0.6 is 11.3 Å². The van der Waals surface area contributed by atoms with Gasteiger partial charge in [-0.1, -0.05) is 20.8 Å². The number of aromatic nitrogens is 1. The Labute approximate surface area is 108 Å². The molecule has 0 bridgehead atoms. The highest BCUT2D eigenvalue weighted by Gasteiger charge is 2.18. The van der Waals surface area contributed by atoms with Crippen LogP contribution in [0.15, 0.2) is 5.38 Å². The van der Waals surface area contributed by atoms with Crippen molar-refractivity contribution in [3.8, 4) is 0 Å².